The lowest BCUT2D eigenvalue weighted by Crippen LogP contribution is -2.58. The van der Waals surface area contributed by atoms with Gasteiger partial charge in [-0.1, -0.05) is 13.8 Å². The first kappa shape index (κ1) is 11.9. The molecule has 0 saturated carbocycles. The highest BCUT2D eigenvalue weighted by molar-refractivity contribution is 5.90. The Morgan fingerprint density at radius 2 is 1.77 bits per heavy atom. The molecule has 0 aromatic heterocycles. The summed E-state index contributed by atoms with van der Waals surface area (Å²) >= 11 is 0. The van der Waals surface area contributed by atoms with Gasteiger partial charge in [0.2, 0.25) is 11.8 Å². The molecule has 2 N–H and O–H groups in total. The third-order valence-corrected chi connectivity index (χ3v) is 2.29. The normalized spacial score (nSPS) is 14.9. The summed E-state index contributed by atoms with van der Waals surface area (Å²) in [5, 5.41) is 5.19. The van der Waals surface area contributed by atoms with E-state index in [1.807, 2.05) is 13.8 Å². The number of nitrogens with one attached hydrogen (secondary N) is 2. The number of hydrogen-bond donors (Lipinski definition) is 2. The van der Waals surface area contributed by atoms with Crippen molar-refractivity contribution in [2.24, 2.45) is 5.92 Å². The summed E-state index contributed by atoms with van der Waals surface area (Å²) in [6.07, 6.45) is 0. The van der Waals surface area contributed by atoms with Crippen molar-refractivity contribution < 1.29 is 9.59 Å². The molecular weight excluding hydrogens is 168 g/mol. The Bertz CT molecular complexity index is 214. The molecule has 0 aromatic carbocycles. The topological polar surface area (TPSA) is 58.2 Å². The van der Waals surface area contributed by atoms with Gasteiger partial charge in [0.15, 0.2) is 0 Å². The Labute approximate surface area is 79.1 Å². The minimum Gasteiger partial charge on any atom is -0.357 e. The van der Waals surface area contributed by atoms with Gasteiger partial charge in [0.1, 0.15) is 5.54 Å². The average Bonchev–Trinajstić information content (AvgIpc) is 2.01. The molecule has 1 atom stereocenters. The first-order chi connectivity index (χ1) is 5.84. The van der Waals surface area contributed by atoms with E-state index >= 15 is 0 Å². The van der Waals surface area contributed by atoms with Gasteiger partial charge < -0.3 is 10.6 Å². The van der Waals surface area contributed by atoms with E-state index < -0.39 is 5.54 Å². The largest absolute Gasteiger partial charge is 0.357 e. The molecule has 0 aliphatic carbocycles. The lowest BCUT2D eigenvalue weighted by molar-refractivity contribution is -0.133. The minimum absolute atomic E-state index is 0.0522. The number of hydrogen-bond acceptors (Lipinski definition) is 2. The molecule has 0 bridgehead atoms. The Hall–Kier alpha value is -1.06. The molecular formula is C9H18N2O2. The number of amides is 2. The summed E-state index contributed by atoms with van der Waals surface area (Å²) in [4.78, 5) is 22.4. The van der Waals surface area contributed by atoms with Crippen LogP contribution in [0.15, 0.2) is 0 Å². The van der Waals surface area contributed by atoms with Gasteiger partial charge in [-0.05, 0) is 12.8 Å². The van der Waals surface area contributed by atoms with Crippen LogP contribution in [0.1, 0.15) is 27.7 Å². The molecule has 4 nitrogen and oxygen atoms in total. The first-order valence-corrected chi connectivity index (χ1v) is 4.35. The quantitative estimate of drug-likeness (QED) is 0.665. The van der Waals surface area contributed by atoms with E-state index in [0.29, 0.717) is 0 Å². The molecule has 76 valence electrons. The fraction of sp³-hybridized carbons (Fsp3) is 0.778. The zero-order chi connectivity index (χ0) is 10.6. The Kier molecular flexibility index (Phi) is 3.91. The van der Waals surface area contributed by atoms with E-state index in [1.165, 1.54) is 6.92 Å². The van der Waals surface area contributed by atoms with Crippen LogP contribution in [0, 0.1) is 5.92 Å². The van der Waals surface area contributed by atoms with Gasteiger partial charge in [-0.15, -0.1) is 0 Å². The third kappa shape index (κ3) is 2.72. The van der Waals surface area contributed by atoms with Gasteiger partial charge >= 0.3 is 0 Å². The van der Waals surface area contributed by atoms with Crippen molar-refractivity contribution in [1.29, 1.82) is 0 Å². The lowest BCUT2D eigenvalue weighted by Gasteiger charge is -2.32. The van der Waals surface area contributed by atoms with Gasteiger partial charge in [-0.2, -0.15) is 0 Å². The highest BCUT2D eigenvalue weighted by Crippen LogP contribution is 2.16. The van der Waals surface area contributed by atoms with Crippen LogP contribution in [-0.2, 0) is 9.59 Å². The molecule has 0 aromatic rings. The van der Waals surface area contributed by atoms with Crippen molar-refractivity contribution in [1.82, 2.24) is 10.6 Å². The Morgan fingerprint density at radius 1 is 1.31 bits per heavy atom. The number of carbonyl (C=O) groups excluding carboxylic acids is 2. The number of carbonyl (C=O) groups is 2. The fourth-order valence-corrected chi connectivity index (χ4v) is 1.09. The van der Waals surface area contributed by atoms with Crippen molar-refractivity contribution in [2.45, 2.75) is 33.2 Å². The number of rotatable bonds is 3. The predicted octanol–water partition coefficient (Wildman–Crippen LogP) is 0.283. The van der Waals surface area contributed by atoms with Gasteiger partial charge in [0.25, 0.3) is 0 Å². The molecule has 0 aliphatic rings. The highest BCUT2D eigenvalue weighted by Gasteiger charge is 2.36. The predicted molar refractivity (Wildman–Crippen MR) is 51.1 cm³/mol. The first-order valence-electron chi connectivity index (χ1n) is 4.35. The monoisotopic (exact) mass is 186 g/mol. The van der Waals surface area contributed by atoms with E-state index in [2.05, 4.69) is 10.6 Å². The summed E-state index contributed by atoms with van der Waals surface area (Å²) in [5.41, 5.74) is -0.819. The van der Waals surface area contributed by atoms with E-state index in [4.69, 9.17) is 0 Å². The van der Waals surface area contributed by atoms with E-state index in [0.717, 1.165) is 0 Å². The molecule has 1 unspecified atom stereocenters. The smallest absolute Gasteiger partial charge is 0.245 e. The van der Waals surface area contributed by atoms with Crippen molar-refractivity contribution in [2.75, 3.05) is 7.05 Å². The molecule has 0 aliphatic heterocycles. The number of likely N-dealkylation sites (N-methyl/N-ethyl adjacent to an activating group) is 1. The van der Waals surface area contributed by atoms with Gasteiger partial charge in [0.05, 0.1) is 0 Å². The molecule has 0 spiro atoms. The summed E-state index contributed by atoms with van der Waals surface area (Å²) in [5.74, 6) is -0.311. The second-order valence-corrected chi connectivity index (χ2v) is 3.62. The molecule has 0 radical (unpaired) electrons. The van der Waals surface area contributed by atoms with Crippen molar-refractivity contribution >= 4 is 11.8 Å². The molecule has 4 heteroatoms. The van der Waals surface area contributed by atoms with E-state index in [-0.39, 0.29) is 17.7 Å². The Balaban J connectivity index is 4.72. The van der Waals surface area contributed by atoms with Crippen LogP contribution in [0.4, 0.5) is 0 Å². The summed E-state index contributed by atoms with van der Waals surface area (Å²) in [6.45, 7) is 6.91. The van der Waals surface area contributed by atoms with Crippen LogP contribution in [0.5, 0.6) is 0 Å². The second-order valence-electron chi connectivity index (χ2n) is 3.62. The van der Waals surface area contributed by atoms with Crippen LogP contribution in [0.2, 0.25) is 0 Å². The van der Waals surface area contributed by atoms with Crippen molar-refractivity contribution in [3.63, 3.8) is 0 Å². The molecule has 0 heterocycles. The maximum Gasteiger partial charge on any atom is 0.245 e. The molecule has 0 fully saturated rings. The van der Waals surface area contributed by atoms with Crippen LogP contribution in [0.3, 0.4) is 0 Å². The standard InChI is InChI=1S/C9H18N2O2/c1-6(2)9(4,8(13)10-5)11-7(3)12/h6H,1-5H3,(H,10,13)(H,11,12). The van der Waals surface area contributed by atoms with E-state index in [1.54, 1.807) is 14.0 Å². The lowest BCUT2D eigenvalue weighted by atomic mass is 9.87. The fourth-order valence-electron chi connectivity index (χ4n) is 1.09. The zero-order valence-electron chi connectivity index (χ0n) is 8.89. The van der Waals surface area contributed by atoms with Crippen LogP contribution in [0.25, 0.3) is 0 Å². The van der Waals surface area contributed by atoms with Crippen LogP contribution in [-0.4, -0.2) is 24.4 Å². The Morgan fingerprint density at radius 3 is 2.00 bits per heavy atom. The average molecular weight is 186 g/mol. The minimum atomic E-state index is -0.819. The molecule has 0 rings (SSSR count). The molecule has 0 saturated heterocycles. The van der Waals surface area contributed by atoms with Gasteiger partial charge in [-0.25, -0.2) is 0 Å². The molecule has 13 heavy (non-hydrogen) atoms. The van der Waals surface area contributed by atoms with Gasteiger partial charge in [-0.3, -0.25) is 9.59 Å². The van der Waals surface area contributed by atoms with E-state index in [9.17, 15) is 9.59 Å². The summed E-state index contributed by atoms with van der Waals surface area (Å²) in [6, 6.07) is 0. The SMILES string of the molecule is CNC(=O)C(C)(NC(C)=O)C(C)C. The highest BCUT2D eigenvalue weighted by atomic mass is 16.2. The van der Waals surface area contributed by atoms with Crippen molar-refractivity contribution in [3.05, 3.63) is 0 Å². The van der Waals surface area contributed by atoms with Crippen LogP contribution >= 0.6 is 0 Å². The van der Waals surface area contributed by atoms with Gasteiger partial charge in [0, 0.05) is 14.0 Å². The summed E-state index contributed by atoms with van der Waals surface area (Å²) in [7, 11) is 1.56. The van der Waals surface area contributed by atoms with Crippen molar-refractivity contribution in [3.8, 4) is 0 Å². The third-order valence-electron chi connectivity index (χ3n) is 2.29. The maximum atomic E-state index is 11.5. The summed E-state index contributed by atoms with van der Waals surface area (Å²) < 4.78 is 0. The second kappa shape index (κ2) is 4.25. The maximum absolute atomic E-state index is 11.5. The molecule has 2 amide bonds. The zero-order valence-corrected chi connectivity index (χ0v) is 8.89. The van der Waals surface area contributed by atoms with Crippen LogP contribution < -0.4 is 10.6 Å².